The van der Waals surface area contributed by atoms with Crippen LogP contribution in [0.2, 0.25) is 0 Å². The SMILES string of the molecule is C[C@H](Oc1ccc(C(=O)NCc2cc([N+](=O)[O-])ccc2O)cn1)c1ccccc1. The molecule has 0 spiro atoms. The molecule has 0 radical (unpaired) electrons. The Morgan fingerprint density at radius 1 is 1.21 bits per heavy atom. The van der Waals surface area contributed by atoms with Gasteiger partial charge in [0.25, 0.3) is 11.6 Å². The summed E-state index contributed by atoms with van der Waals surface area (Å²) in [5, 5.41) is 23.3. The summed E-state index contributed by atoms with van der Waals surface area (Å²) < 4.78 is 5.78. The van der Waals surface area contributed by atoms with Crippen molar-refractivity contribution in [3.05, 3.63) is 93.7 Å². The first kappa shape index (κ1) is 19.8. The van der Waals surface area contributed by atoms with Crippen LogP contribution in [0.4, 0.5) is 5.69 Å². The number of aromatic hydroxyl groups is 1. The molecule has 2 N–H and O–H groups in total. The predicted molar refractivity (Wildman–Crippen MR) is 106 cm³/mol. The minimum atomic E-state index is -0.566. The highest BCUT2D eigenvalue weighted by Crippen LogP contribution is 2.23. The maximum Gasteiger partial charge on any atom is 0.270 e. The Morgan fingerprint density at radius 3 is 2.62 bits per heavy atom. The van der Waals surface area contributed by atoms with Gasteiger partial charge in [-0.1, -0.05) is 30.3 Å². The molecule has 3 rings (SSSR count). The lowest BCUT2D eigenvalue weighted by Gasteiger charge is -2.14. The summed E-state index contributed by atoms with van der Waals surface area (Å²) in [7, 11) is 0. The van der Waals surface area contributed by atoms with E-state index in [0.717, 1.165) is 5.56 Å². The van der Waals surface area contributed by atoms with E-state index in [9.17, 15) is 20.0 Å². The minimum Gasteiger partial charge on any atom is -0.508 e. The summed E-state index contributed by atoms with van der Waals surface area (Å²) in [6.07, 6.45) is 1.19. The highest BCUT2D eigenvalue weighted by atomic mass is 16.6. The molecular weight excluding hydrogens is 374 g/mol. The van der Waals surface area contributed by atoms with Crippen molar-refractivity contribution >= 4 is 11.6 Å². The van der Waals surface area contributed by atoms with Crippen LogP contribution in [0, 0.1) is 10.1 Å². The fourth-order valence-corrected chi connectivity index (χ4v) is 2.66. The lowest BCUT2D eigenvalue weighted by atomic mass is 10.1. The first-order valence-corrected chi connectivity index (χ1v) is 8.86. The van der Waals surface area contributed by atoms with Crippen molar-refractivity contribution in [2.24, 2.45) is 0 Å². The van der Waals surface area contributed by atoms with Gasteiger partial charge in [0, 0.05) is 36.5 Å². The number of hydrogen-bond donors (Lipinski definition) is 2. The third kappa shape index (κ3) is 5.07. The van der Waals surface area contributed by atoms with Crippen molar-refractivity contribution in [1.82, 2.24) is 10.3 Å². The van der Waals surface area contributed by atoms with Crippen molar-refractivity contribution in [2.75, 3.05) is 0 Å². The number of nitro groups is 1. The summed E-state index contributed by atoms with van der Waals surface area (Å²) >= 11 is 0. The molecule has 0 bridgehead atoms. The number of rotatable bonds is 7. The van der Waals surface area contributed by atoms with Crippen LogP contribution < -0.4 is 10.1 Å². The van der Waals surface area contributed by atoms with Crippen molar-refractivity contribution in [3.8, 4) is 11.6 Å². The van der Waals surface area contributed by atoms with Gasteiger partial charge in [-0.15, -0.1) is 0 Å². The fourth-order valence-electron chi connectivity index (χ4n) is 2.66. The molecule has 29 heavy (non-hydrogen) atoms. The monoisotopic (exact) mass is 393 g/mol. The Kier molecular flexibility index (Phi) is 6.03. The molecule has 0 saturated heterocycles. The molecule has 0 aliphatic rings. The number of phenolic OH excluding ortho intramolecular Hbond substituents is 1. The number of benzene rings is 2. The number of phenols is 1. The van der Waals surface area contributed by atoms with E-state index in [0.29, 0.717) is 11.4 Å². The summed E-state index contributed by atoms with van der Waals surface area (Å²) in [5.74, 6) is -0.173. The highest BCUT2D eigenvalue weighted by molar-refractivity contribution is 5.93. The summed E-state index contributed by atoms with van der Waals surface area (Å²) in [4.78, 5) is 26.7. The van der Waals surface area contributed by atoms with Crippen LogP contribution in [0.15, 0.2) is 66.9 Å². The van der Waals surface area contributed by atoms with E-state index in [2.05, 4.69) is 10.3 Å². The number of hydrogen-bond acceptors (Lipinski definition) is 6. The van der Waals surface area contributed by atoms with Gasteiger partial charge in [0.1, 0.15) is 11.9 Å². The van der Waals surface area contributed by atoms with Gasteiger partial charge in [-0.2, -0.15) is 0 Å². The second kappa shape index (κ2) is 8.83. The molecule has 0 saturated carbocycles. The Balaban J connectivity index is 1.61. The molecule has 1 amide bonds. The van der Waals surface area contributed by atoms with Gasteiger partial charge in [0.05, 0.1) is 10.5 Å². The topological polar surface area (TPSA) is 115 Å². The summed E-state index contributed by atoms with van der Waals surface area (Å²) in [6, 6.07) is 16.5. The summed E-state index contributed by atoms with van der Waals surface area (Å²) in [6.45, 7) is 1.85. The van der Waals surface area contributed by atoms with Gasteiger partial charge in [0.2, 0.25) is 5.88 Å². The number of carbonyl (C=O) groups is 1. The number of non-ortho nitro benzene ring substituents is 1. The number of ether oxygens (including phenoxy) is 1. The minimum absolute atomic E-state index is 0.0599. The number of pyridine rings is 1. The van der Waals surface area contributed by atoms with Gasteiger partial charge in [-0.05, 0) is 24.6 Å². The van der Waals surface area contributed by atoms with Crippen molar-refractivity contribution in [3.63, 3.8) is 0 Å². The quantitative estimate of drug-likeness (QED) is 0.466. The average Bonchev–Trinajstić information content (AvgIpc) is 2.74. The van der Waals surface area contributed by atoms with E-state index in [-0.39, 0.29) is 29.6 Å². The zero-order chi connectivity index (χ0) is 20.8. The standard InChI is InChI=1S/C21H19N3O5/c1-14(15-5-3-2-4-6-15)29-20-10-7-16(12-22-20)21(26)23-13-17-11-18(24(27)28)8-9-19(17)25/h2-12,14,25H,13H2,1H3,(H,23,26)/t14-/m0/s1. The van der Waals surface area contributed by atoms with Crippen molar-refractivity contribution in [1.29, 1.82) is 0 Å². The molecule has 148 valence electrons. The van der Waals surface area contributed by atoms with E-state index in [4.69, 9.17) is 4.74 Å². The number of nitro benzene ring substituents is 1. The van der Waals surface area contributed by atoms with Crippen LogP contribution in [-0.4, -0.2) is 20.9 Å². The van der Waals surface area contributed by atoms with E-state index in [1.165, 1.54) is 24.4 Å². The normalized spacial score (nSPS) is 11.5. The van der Waals surface area contributed by atoms with E-state index in [1.54, 1.807) is 12.1 Å². The van der Waals surface area contributed by atoms with E-state index in [1.807, 2.05) is 37.3 Å². The number of carbonyl (C=O) groups excluding carboxylic acids is 1. The molecule has 1 aromatic heterocycles. The largest absolute Gasteiger partial charge is 0.508 e. The summed E-state index contributed by atoms with van der Waals surface area (Å²) in [5.41, 5.74) is 1.39. The second-order valence-electron chi connectivity index (χ2n) is 6.31. The molecule has 0 unspecified atom stereocenters. The molecule has 3 aromatic rings. The van der Waals surface area contributed by atoms with Crippen molar-refractivity contribution in [2.45, 2.75) is 19.6 Å². The lowest BCUT2D eigenvalue weighted by Crippen LogP contribution is -2.23. The van der Waals surface area contributed by atoms with E-state index >= 15 is 0 Å². The molecule has 8 heteroatoms. The Morgan fingerprint density at radius 2 is 1.97 bits per heavy atom. The third-order valence-electron chi connectivity index (χ3n) is 4.28. The number of amides is 1. The molecule has 0 aliphatic carbocycles. The zero-order valence-corrected chi connectivity index (χ0v) is 15.6. The van der Waals surface area contributed by atoms with Crippen LogP contribution in [0.5, 0.6) is 11.6 Å². The van der Waals surface area contributed by atoms with Crippen LogP contribution >= 0.6 is 0 Å². The second-order valence-corrected chi connectivity index (χ2v) is 6.31. The lowest BCUT2D eigenvalue weighted by molar-refractivity contribution is -0.384. The predicted octanol–water partition coefficient (Wildman–Crippen LogP) is 3.77. The average molecular weight is 393 g/mol. The van der Waals surface area contributed by atoms with Crippen LogP contribution in [-0.2, 0) is 6.54 Å². The van der Waals surface area contributed by atoms with Crippen LogP contribution in [0.3, 0.4) is 0 Å². The van der Waals surface area contributed by atoms with Gasteiger partial charge in [-0.25, -0.2) is 4.98 Å². The number of aromatic nitrogens is 1. The van der Waals surface area contributed by atoms with Gasteiger partial charge < -0.3 is 15.2 Å². The van der Waals surface area contributed by atoms with Crippen molar-refractivity contribution < 1.29 is 19.6 Å². The van der Waals surface area contributed by atoms with Gasteiger partial charge in [0.15, 0.2) is 0 Å². The molecule has 2 aromatic carbocycles. The molecule has 1 atom stereocenters. The van der Waals surface area contributed by atoms with Gasteiger partial charge in [-0.3, -0.25) is 14.9 Å². The Hall–Kier alpha value is -3.94. The van der Waals surface area contributed by atoms with E-state index < -0.39 is 10.8 Å². The maximum absolute atomic E-state index is 12.3. The smallest absolute Gasteiger partial charge is 0.270 e. The number of nitrogens with one attached hydrogen (secondary N) is 1. The van der Waals surface area contributed by atoms with Gasteiger partial charge >= 0.3 is 0 Å². The molecule has 1 heterocycles. The highest BCUT2D eigenvalue weighted by Gasteiger charge is 2.13. The first-order valence-electron chi connectivity index (χ1n) is 8.86. The molecular formula is C21H19N3O5. The fraction of sp³-hybridized carbons (Fsp3) is 0.143. The van der Waals surface area contributed by atoms with Crippen LogP contribution in [0.1, 0.15) is 34.5 Å². The third-order valence-corrected chi connectivity index (χ3v) is 4.28. The maximum atomic E-state index is 12.3. The number of nitrogens with zero attached hydrogens (tertiary/aromatic N) is 2. The molecule has 0 fully saturated rings. The Bertz CT molecular complexity index is 1010. The zero-order valence-electron chi connectivity index (χ0n) is 15.6. The van der Waals surface area contributed by atoms with Crippen LogP contribution in [0.25, 0.3) is 0 Å². The molecule has 8 nitrogen and oxygen atoms in total. The molecule has 0 aliphatic heterocycles. The Labute approximate surface area is 166 Å². The first-order chi connectivity index (χ1) is 13.9.